The number of nitrogens with zero attached hydrogens (tertiary/aromatic N) is 4. The monoisotopic (exact) mass is 487 g/mol. The van der Waals surface area contributed by atoms with Gasteiger partial charge in [-0.15, -0.1) is 0 Å². The topological polar surface area (TPSA) is 85.4 Å². The number of likely N-dealkylation sites (tertiary alicyclic amines) is 1. The molecule has 4 heterocycles. The van der Waals surface area contributed by atoms with E-state index in [0.29, 0.717) is 39.1 Å². The largest absolute Gasteiger partial charge is 0.448 e. The van der Waals surface area contributed by atoms with Crippen molar-refractivity contribution in [3.05, 3.63) is 30.1 Å². The Morgan fingerprint density at radius 3 is 2.40 bits per heavy atom. The van der Waals surface area contributed by atoms with Crippen molar-refractivity contribution in [3.63, 3.8) is 0 Å². The van der Waals surface area contributed by atoms with E-state index in [1.165, 1.54) is 17.0 Å². The second-order valence-corrected chi connectivity index (χ2v) is 10.2. The Kier molecular flexibility index (Phi) is 6.82. The fourth-order valence-corrected chi connectivity index (χ4v) is 5.80. The summed E-state index contributed by atoms with van der Waals surface area (Å²) < 4.78 is 18.1. The molecule has 0 unspecified atom stereocenters. The predicted octanol–water partition coefficient (Wildman–Crippen LogP) is 1.29. The second kappa shape index (κ2) is 10.0. The van der Waals surface area contributed by atoms with E-state index in [2.05, 4.69) is 15.1 Å². The van der Waals surface area contributed by atoms with E-state index >= 15 is 0 Å². The molecule has 1 spiro atoms. The number of piperazine rings is 1. The number of halogens is 1. The van der Waals surface area contributed by atoms with E-state index in [-0.39, 0.29) is 35.6 Å². The summed E-state index contributed by atoms with van der Waals surface area (Å²) in [4.78, 5) is 45.0. The van der Waals surface area contributed by atoms with Gasteiger partial charge in [-0.05, 0) is 49.9 Å². The number of carbonyl (C=O) groups is 3. The average Bonchev–Trinajstić information content (AvgIpc) is 3.41. The van der Waals surface area contributed by atoms with E-state index in [1.807, 2.05) is 12.1 Å². The highest BCUT2D eigenvalue weighted by molar-refractivity contribution is 5.86. The molecule has 4 fully saturated rings. The first-order valence-electron chi connectivity index (χ1n) is 12.7. The molecule has 0 aliphatic carbocycles. The van der Waals surface area contributed by atoms with Crippen LogP contribution in [0.3, 0.4) is 0 Å². The van der Waals surface area contributed by atoms with E-state index in [1.54, 1.807) is 4.90 Å². The van der Waals surface area contributed by atoms with Gasteiger partial charge < -0.3 is 19.9 Å². The van der Waals surface area contributed by atoms with Crippen molar-refractivity contribution in [3.8, 4) is 0 Å². The number of anilines is 1. The van der Waals surface area contributed by atoms with Crippen LogP contribution in [0.5, 0.6) is 0 Å². The van der Waals surface area contributed by atoms with E-state index in [9.17, 15) is 18.8 Å². The lowest BCUT2D eigenvalue weighted by atomic mass is 9.75. The first kappa shape index (κ1) is 23.8. The van der Waals surface area contributed by atoms with Gasteiger partial charge in [0.25, 0.3) is 0 Å². The summed E-state index contributed by atoms with van der Waals surface area (Å²) in [6.07, 6.45) is 2.65. The molecule has 35 heavy (non-hydrogen) atoms. The number of piperidine rings is 1. The smallest absolute Gasteiger partial charge is 0.410 e. The average molecular weight is 488 g/mol. The lowest BCUT2D eigenvalue weighted by Gasteiger charge is -2.38. The lowest BCUT2D eigenvalue weighted by molar-refractivity contribution is -0.138. The van der Waals surface area contributed by atoms with Crippen LogP contribution >= 0.6 is 0 Å². The minimum atomic E-state index is -0.429. The summed E-state index contributed by atoms with van der Waals surface area (Å²) >= 11 is 0. The van der Waals surface area contributed by atoms with Crippen LogP contribution in [-0.2, 0) is 14.3 Å². The van der Waals surface area contributed by atoms with Gasteiger partial charge in [-0.25, -0.2) is 9.18 Å². The van der Waals surface area contributed by atoms with Crippen LogP contribution in [-0.4, -0.2) is 104 Å². The second-order valence-electron chi connectivity index (χ2n) is 10.2. The summed E-state index contributed by atoms with van der Waals surface area (Å²) in [6.45, 7) is 6.59. The van der Waals surface area contributed by atoms with Gasteiger partial charge in [0.15, 0.2) is 0 Å². The molecule has 1 atom stereocenters. The number of hydrogen-bond donors (Lipinski definition) is 1. The molecular weight excluding hydrogens is 453 g/mol. The fraction of sp³-hybridized carbons (Fsp3) is 0.640. The summed E-state index contributed by atoms with van der Waals surface area (Å²) in [5.41, 5.74) is 0.677. The van der Waals surface area contributed by atoms with Crippen LogP contribution in [0.15, 0.2) is 24.3 Å². The molecule has 5 rings (SSSR count). The number of carbonyl (C=O) groups excluding carboxylic acids is 3. The van der Waals surface area contributed by atoms with Gasteiger partial charge >= 0.3 is 6.09 Å². The van der Waals surface area contributed by atoms with Gasteiger partial charge in [-0.1, -0.05) is 0 Å². The van der Waals surface area contributed by atoms with Crippen molar-refractivity contribution >= 4 is 23.6 Å². The maximum atomic E-state index is 13.2. The summed E-state index contributed by atoms with van der Waals surface area (Å²) in [7, 11) is 0. The van der Waals surface area contributed by atoms with Crippen molar-refractivity contribution in [2.24, 2.45) is 5.41 Å². The molecule has 4 aliphatic rings. The van der Waals surface area contributed by atoms with Crippen LogP contribution in [0.1, 0.15) is 25.7 Å². The molecule has 0 bridgehead atoms. The fourth-order valence-electron chi connectivity index (χ4n) is 5.80. The third kappa shape index (κ3) is 5.22. The maximum Gasteiger partial charge on any atom is 0.410 e. The van der Waals surface area contributed by atoms with Gasteiger partial charge in [0, 0.05) is 57.5 Å². The van der Waals surface area contributed by atoms with Crippen LogP contribution < -0.4 is 10.2 Å². The molecule has 10 heteroatoms. The van der Waals surface area contributed by atoms with Crippen molar-refractivity contribution in [1.29, 1.82) is 0 Å². The Labute approximate surface area is 205 Å². The summed E-state index contributed by atoms with van der Waals surface area (Å²) in [6, 6.07) is 6.84. The number of rotatable bonds is 6. The zero-order valence-electron chi connectivity index (χ0n) is 20.1. The summed E-state index contributed by atoms with van der Waals surface area (Å²) in [5, 5.41) is 3.22. The van der Waals surface area contributed by atoms with Crippen LogP contribution in [0.2, 0.25) is 0 Å². The molecule has 190 valence electrons. The Hall–Kier alpha value is -2.88. The lowest BCUT2D eigenvalue weighted by Crippen LogP contribution is -2.48. The van der Waals surface area contributed by atoms with Crippen molar-refractivity contribution in [2.75, 3.05) is 70.4 Å². The van der Waals surface area contributed by atoms with Crippen molar-refractivity contribution in [2.45, 2.75) is 31.7 Å². The quantitative estimate of drug-likeness (QED) is 0.651. The number of hydrogen-bond acceptors (Lipinski definition) is 6. The Morgan fingerprint density at radius 1 is 1.03 bits per heavy atom. The zero-order chi connectivity index (χ0) is 24.4. The van der Waals surface area contributed by atoms with E-state index in [0.717, 1.165) is 51.3 Å². The van der Waals surface area contributed by atoms with Crippen LogP contribution in [0.4, 0.5) is 14.9 Å². The SMILES string of the molecule is O=C(CN1CCOC1=O)N1CCC2(CC1)C[C@H](CCN1CCN(c3ccc(F)cc3)CC1)NC2=O. The Bertz CT molecular complexity index is 942. The van der Waals surface area contributed by atoms with Crippen LogP contribution in [0, 0.1) is 11.2 Å². The van der Waals surface area contributed by atoms with Crippen molar-refractivity contribution < 1.29 is 23.5 Å². The van der Waals surface area contributed by atoms with Gasteiger partial charge in [-0.2, -0.15) is 0 Å². The highest BCUT2D eigenvalue weighted by atomic mass is 19.1. The number of cyclic esters (lactones) is 1. The van der Waals surface area contributed by atoms with Gasteiger partial charge in [0.2, 0.25) is 11.8 Å². The molecule has 1 aromatic carbocycles. The van der Waals surface area contributed by atoms with Crippen LogP contribution in [0.25, 0.3) is 0 Å². The summed E-state index contributed by atoms with van der Waals surface area (Å²) in [5.74, 6) is -0.165. The first-order chi connectivity index (χ1) is 16.9. The van der Waals surface area contributed by atoms with Gasteiger partial charge in [0.05, 0.1) is 12.0 Å². The van der Waals surface area contributed by atoms with Gasteiger partial charge in [-0.3, -0.25) is 19.4 Å². The standard InChI is InChI=1S/C25H34FN5O4/c26-19-1-3-21(4-2-19)29-13-11-28(12-14-29)8-5-20-17-25(23(33)27-20)6-9-30(10-7-25)22(32)18-31-15-16-35-24(31)34/h1-4,20H,5-18H2,(H,27,33)/t20-/m0/s1. The molecule has 0 aromatic heterocycles. The molecule has 1 aromatic rings. The molecular formula is C25H34FN5O4. The Morgan fingerprint density at radius 2 is 1.74 bits per heavy atom. The first-order valence-corrected chi connectivity index (χ1v) is 12.7. The number of nitrogens with one attached hydrogen (secondary N) is 1. The van der Waals surface area contributed by atoms with Gasteiger partial charge in [0.1, 0.15) is 19.0 Å². The molecule has 0 saturated carbocycles. The molecule has 4 saturated heterocycles. The number of amides is 3. The zero-order valence-corrected chi connectivity index (χ0v) is 20.1. The minimum absolute atomic E-state index is 0.0507. The van der Waals surface area contributed by atoms with E-state index in [4.69, 9.17) is 4.74 Å². The highest BCUT2D eigenvalue weighted by Crippen LogP contribution is 2.41. The predicted molar refractivity (Wildman–Crippen MR) is 127 cm³/mol. The normalized spacial score (nSPS) is 24.7. The molecule has 1 N–H and O–H groups in total. The third-order valence-electron chi connectivity index (χ3n) is 8.06. The Balaban J connectivity index is 1.05. The third-order valence-corrected chi connectivity index (χ3v) is 8.06. The number of ether oxygens (including phenoxy) is 1. The maximum absolute atomic E-state index is 13.2. The van der Waals surface area contributed by atoms with Crippen molar-refractivity contribution in [1.82, 2.24) is 20.0 Å². The van der Waals surface area contributed by atoms with E-state index < -0.39 is 6.09 Å². The number of benzene rings is 1. The highest BCUT2D eigenvalue weighted by Gasteiger charge is 2.48. The molecule has 9 nitrogen and oxygen atoms in total. The molecule has 4 aliphatic heterocycles. The minimum Gasteiger partial charge on any atom is -0.448 e. The molecule has 3 amide bonds. The molecule has 0 radical (unpaired) electrons.